The van der Waals surface area contributed by atoms with Crippen LogP contribution >= 0.6 is 0 Å². The third-order valence-corrected chi connectivity index (χ3v) is 12.2. The van der Waals surface area contributed by atoms with Crippen LogP contribution in [0.1, 0.15) is 278 Å². The van der Waals surface area contributed by atoms with Crippen molar-refractivity contribution >= 4 is 11.9 Å². The summed E-state index contributed by atoms with van der Waals surface area (Å²) in [7, 11) is 0. The first-order chi connectivity index (χ1) is 32.6. The highest BCUT2D eigenvalue weighted by atomic mass is 16.6. The van der Waals surface area contributed by atoms with Gasteiger partial charge < -0.3 is 14.2 Å². The van der Waals surface area contributed by atoms with Gasteiger partial charge in [-0.15, -0.1) is 0 Å². The van der Waals surface area contributed by atoms with Gasteiger partial charge in [-0.05, 0) is 109 Å². The van der Waals surface area contributed by atoms with Gasteiger partial charge in [0.25, 0.3) is 0 Å². The van der Waals surface area contributed by atoms with Crippen LogP contribution in [0.2, 0.25) is 0 Å². The summed E-state index contributed by atoms with van der Waals surface area (Å²) in [6.45, 7) is 7.69. The lowest BCUT2D eigenvalue weighted by Crippen LogP contribution is -2.30. The molecule has 5 nitrogen and oxygen atoms in total. The Morgan fingerprint density at radius 1 is 0.348 bits per heavy atom. The number of esters is 2. The van der Waals surface area contributed by atoms with Crippen LogP contribution in [-0.4, -0.2) is 37.9 Å². The number of rotatable bonds is 52. The summed E-state index contributed by atoms with van der Waals surface area (Å²) in [6, 6.07) is 0. The number of ether oxygens (including phenoxy) is 3. The molecule has 0 radical (unpaired) electrons. The van der Waals surface area contributed by atoms with Gasteiger partial charge in [0, 0.05) is 19.4 Å². The molecule has 0 aliphatic carbocycles. The van der Waals surface area contributed by atoms with Crippen LogP contribution in [0.5, 0.6) is 0 Å². The third-order valence-electron chi connectivity index (χ3n) is 12.2. The van der Waals surface area contributed by atoms with Crippen molar-refractivity contribution in [2.24, 2.45) is 0 Å². The van der Waals surface area contributed by atoms with Gasteiger partial charge >= 0.3 is 11.9 Å². The van der Waals surface area contributed by atoms with Crippen molar-refractivity contribution < 1.29 is 23.8 Å². The normalized spacial score (nSPS) is 12.7. The van der Waals surface area contributed by atoms with Crippen molar-refractivity contribution in [1.82, 2.24) is 0 Å². The Hall–Kier alpha value is -2.66. The van der Waals surface area contributed by atoms with E-state index in [-0.39, 0.29) is 25.2 Å². The van der Waals surface area contributed by atoms with Gasteiger partial charge in [0.15, 0.2) is 6.10 Å². The lowest BCUT2D eigenvalue weighted by atomic mass is 10.1. The van der Waals surface area contributed by atoms with Crippen LogP contribution in [0.15, 0.2) is 72.9 Å². The number of allylic oxidation sites excluding steroid dienone is 12. The van der Waals surface area contributed by atoms with E-state index >= 15 is 0 Å². The van der Waals surface area contributed by atoms with Crippen molar-refractivity contribution in [3.8, 4) is 0 Å². The Balaban J connectivity index is 4.28. The lowest BCUT2D eigenvalue weighted by molar-refractivity contribution is -0.163. The molecule has 1 atom stereocenters. The highest BCUT2D eigenvalue weighted by molar-refractivity contribution is 5.70. The maximum Gasteiger partial charge on any atom is 0.306 e. The van der Waals surface area contributed by atoms with Gasteiger partial charge in [0.05, 0.1) is 6.61 Å². The minimum absolute atomic E-state index is 0.0744. The molecule has 5 heteroatoms. The molecule has 0 saturated heterocycles. The molecule has 0 aromatic rings. The fraction of sp³-hybridized carbons (Fsp3) is 0.770. The smallest absolute Gasteiger partial charge is 0.306 e. The zero-order valence-electron chi connectivity index (χ0n) is 44.0. The topological polar surface area (TPSA) is 61.8 Å². The highest BCUT2D eigenvalue weighted by Gasteiger charge is 2.17. The molecule has 382 valence electrons. The van der Waals surface area contributed by atoms with Crippen molar-refractivity contribution in [1.29, 1.82) is 0 Å². The second kappa shape index (κ2) is 56.7. The van der Waals surface area contributed by atoms with E-state index in [1.807, 2.05) is 0 Å². The maximum absolute atomic E-state index is 12.8. The van der Waals surface area contributed by atoms with E-state index in [1.54, 1.807) is 0 Å². The summed E-state index contributed by atoms with van der Waals surface area (Å²) >= 11 is 0. The summed E-state index contributed by atoms with van der Waals surface area (Å²) in [5, 5.41) is 0. The Morgan fingerprint density at radius 2 is 0.682 bits per heavy atom. The summed E-state index contributed by atoms with van der Waals surface area (Å²) in [5.41, 5.74) is 0. The van der Waals surface area contributed by atoms with Gasteiger partial charge in [-0.3, -0.25) is 9.59 Å². The van der Waals surface area contributed by atoms with E-state index < -0.39 is 6.10 Å². The van der Waals surface area contributed by atoms with Crippen molar-refractivity contribution in [2.45, 2.75) is 284 Å². The largest absolute Gasteiger partial charge is 0.462 e. The Kier molecular flexibility index (Phi) is 54.4. The average Bonchev–Trinajstić information content (AvgIpc) is 3.32. The quantitative estimate of drug-likeness (QED) is 0.0346. The van der Waals surface area contributed by atoms with Crippen molar-refractivity contribution in [3.63, 3.8) is 0 Å². The predicted molar refractivity (Wildman–Crippen MR) is 288 cm³/mol. The molecule has 0 amide bonds. The molecule has 0 aliphatic rings. The number of hydrogen-bond acceptors (Lipinski definition) is 5. The summed E-state index contributed by atoms with van der Waals surface area (Å²) in [6.07, 6.45) is 73.5. The van der Waals surface area contributed by atoms with Gasteiger partial charge in [-0.2, -0.15) is 0 Å². The van der Waals surface area contributed by atoms with Crippen LogP contribution in [0.3, 0.4) is 0 Å². The predicted octanol–water partition coefficient (Wildman–Crippen LogP) is 19.5. The average molecular weight is 922 g/mol. The van der Waals surface area contributed by atoms with E-state index in [0.717, 1.165) is 83.5 Å². The first-order valence-electron chi connectivity index (χ1n) is 28.5. The molecule has 0 heterocycles. The van der Waals surface area contributed by atoms with Crippen molar-refractivity contribution in [3.05, 3.63) is 72.9 Å². The van der Waals surface area contributed by atoms with Gasteiger partial charge in [-0.25, -0.2) is 0 Å². The molecule has 0 fully saturated rings. The molecule has 0 aromatic carbocycles. The van der Waals surface area contributed by atoms with E-state index in [1.165, 1.54) is 161 Å². The Morgan fingerprint density at radius 3 is 1.12 bits per heavy atom. The minimum Gasteiger partial charge on any atom is -0.462 e. The highest BCUT2D eigenvalue weighted by Crippen LogP contribution is 2.14. The second-order valence-electron chi connectivity index (χ2n) is 18.8. The number of carbonyl (C=O) groups excluding carboxylic acids is 2. The SMILES string of the molecule is CC/C=C\C/C=C\C/C=C\C/C=C\CCCCCCCCCOCC(COC(=O)CCCCCCCCC/C=C\CCCCCCCC)OC(=O)CCCCCCC/C=C\CCCCCC. The molecule has 0 rings (SSSR count). The first-order valence-corrected chi connectivity index (χ1v) is 28.5. The second-order valence-corrected chi connectivity index (χ2v) is 18.8. The van der Waals surface area contributed by atoms with Gasteiger partial charge in [0.2, 0.25) is 0 Å². The summed E-state index contributed by atoms with van der Waals surface area (Å²) in [4.78, 5) is 25.5. The Labute approximate surface area is 410 Å². The number of unbranched alkanes of at least 4 members (excludes halogenated alkanes) is 29. The molecule has 0 saturated carbocycles. The van der Waals surface area contributed by atoms with Crippen LogP contribution in [0.25, 0.3) is 0 Å². The molecule has 0 aromatic heterocycles. The maximum atomic E-state index is 12.8. The monoisotopic (exact) mass is 921 g/mol. The molecule has 0 N–H and O–H groups in total. The molecule has 0 bridgehead atoms. The Bertz CT molecular complexity index is 1180. The van der Waals surface area contributed by atoms with E-state index in [2.05, 4.69) is 93.7 Å². The lowest BCUT2D eigenvalue weighted by Gasteiger charge is -2.18. The first kappa shape index (κ1) is 63.3. The van der Waals surface area contributed by atoms with Crippen LogP contribution in [0.4, 0.5) is 0 Å². The third kappa shape index (κ3) is 54.0. The molecular formula is C61H108O5. The molecule has 66 heavy (non-hydrogen) atoms. The molecule has 0 aliphatic heterocycles. The van der Waals surface area contributed by atoms with Gasteiger partial charge in [0.1, 0.15) is 6.61 Å². The zero-order chi connectivity index (χ0) is 47.7. The minimum atomic E-state index is -0.550. The van der Waals surface area contributed by atoms with E-state index in [9.17, 15) is 9.59 Å². The van der Waals surface area contributed by atoms with Crippen LogP contribution in [0, 0.1) is 0 Å². The van der Waals surface area contributed by atoms with Crippen LogP contribution < -0.4 is 0 Å². The summed E-state index contributed by atoms with van der Waals surface area (Å²) in [5.74, 6) is -0.412. The van der Waals surface area contributed by atoms with E-state index in [0.29, 0.717) is 19.4 Å². The fourth-order valence-corrected chi connectivity index (χ4v) is 7.96. The standard InChI is InChI=1S/C61H108O5/c1-4-7-10-13-16-19-22-25-27-29-30-31-33-35-38-41-44-47-50-53-56-64-57-59(66-61(63)55-52-49-46-43-40-36-24-21-18-15-12-9-6-3)58-65-60(62)54-51-48-45-42-39-37-34-32-28-26-23-20-17-14-11-8-5-2/h7,10,16,19,21,24-28,30-31,59H,4-6,8-9,11-15,17-18,20,22-23,29,32-58H2,1-3H3/b10-7-,19-16-,24-21-,27-25-,28-26-,31-30-. The van der Waals surface area contributed by atoms with E-state index in [4.69, 9.17) is 14.2 Å². The number of hydrogen-bond donors (Lipinski definition) is 0. The fourth-order valence-electron chi connectivity index (χ4n) is 7.96. The molecule has 1 unspecified atom stereocenters. The zero-order valence-corrected chi connectivity index (χ0v) is 44.0. The van der Waals surface area contributed by atoms with Gasteiger partial charge in [-0.1, -0.05) is 229 Å². The van der Waals surface area contributed by atoms with Crippen molar-refractivity contribution in [2.75, 3.05) is 19.8 Å². The molecular weight excluding hydrogens is 813 g/mol. The number of carbonyl (C=O) groups is 2. The van der Waals surface area contributed by atoms with Crippen LogP contribution in [-0.2, 0) is 23.8 Å². The summed E-state index contributed by atoms with van der Waals surface area (Å²) < 4.78 is 17.5. The molecule has 0 spiro atoms.